The predicted molar refractivity (Wildman–Crippen MR) is 91.6 cm³/mol. The van der Waals surface area contributed by atoms with Gasteiger partial charge >= 0.3 is 0 Å². The van der Waals surface area contributed by atoms with Crippen molar-refractivity contribution >= 4 is 34.0 Å². The average molecular weight is 349 g/mol. The number of halogens is 1. The van der Waals surface area contributed by atoms with E-state index >= 15 is 0 Å². The van der Waals surface area contributed by atoms with Crippen LogP contribution in [0, 0.1) is 11.3 Å². The number of nitrogens with one attached hydrogen (secondary N) is 2. The molecule has 1 spiro atoms. The van der Waals surface area contributed by atoms with Crippen molar-refractivity contribution in [1.82, 2.24) is 15.5 Å². The monoisotopic (exact) mass is 348 g/mol. The van der Waals surface area contributed by atoms with Crippen molar-refractivity contribution in [1.29, 1.82) is 0 Å². The van der Waals surface area contributed by atoms with Crippen molar-refractivity contribution in [3.63, 3.8) is 0 Å². The molecule has 1 amide bonds. The highest BCUT2D eigenvalue weighted by Gasteiger charge is 2.57. The van der Waals surface area contributed by atoms with Crippen LogP contribution < -0.4 is 10.6 Å². The van der Waals surface area contributed by atoms with Crippen molar-refractivity contribution in [3.8, 4) is 10.6 Å². The molecule has 1 aliphatic carbocycles. The molecule has 1 aromatic carbocycles. The van der Waals surface area contributed by atoms with Gasteiger partial charge in [0.15, 0.2) is 5.01 Å². The number of hydrogen-bond acceptors (Lipinski definition) is 5. The first kappa shape index (κ1) is 15.1. The Hall–Kier alpha value is -1.50. The quantitative estimate of drug-likeness (QED) is 0.894. The summed E-state index contributed by atoms with van der Waals surface area (Å²) >= 11 is 7.53. The number of anilines is 1. The molecule has 120 valence electrons. The topological polar surface area (TPSA) is 66.9 Å². The summed E-state index contributed by atoms with van der Waals surface area (Å²) in [7, 11) is 0. The molecule has 1 aliphatic heterocycles. The number of amides is 1. The van der Waals surface area contributed by atoms with Gasteiger partial charge in [-0.05, 0) is 43.8 Å². The summed E-state index contributed by atoms with van der Waals surface area (Å²) in [6.07, 6.45) is 3.18. The second-order valence-electron chi connectivity index (χ2n) is 6.25. The van der Waals surface area contributed by atoms with Crippen LogP contribution in [0.4, 0.5) is 5.13 Å². The zero-order valence-corrected chi connectivity index (χ0v) is 14.1. The van der Waals surface area contributed by atoms with E-state index in [2.05, 4.69) is 20.8 Å². The zero-order chi connectivity index (χ0) is 15.9. The summed E-state index contributed by atoms with van der Waals surface area (Å²) in [4.78, 5) is 12.4. The lowest BCUT2D eigenvalue weighted by molar-refractivity contribution is -0.118. The van der Waals surface area contributed by atoms with Crippen LogP contribution >= 0.6 is 22.9 Å². The molecule has 1 saturated carbocycles. The van der Waals surface area contributed by atoms with Crippen LogP contribution in [0.3, 0.4) is 0 Å². The normalized spacial score (nSPS) is 22.0. The number of rotatable bonds is 3. The average Bonchev–Trinajstić information content (AvgIpc) is 3.04. The highest BCUT2D eigenvalue weighted by molar-refractivity contribution is 7.18. The maximum absolute atomic E-state index is 12.4. The first-order chi connectivity index (χ1) is 11.2. The van der Waals surface area contributed by atoms with Gasteiger partial charge < -0.3 is 10.6 Å². The van der Waals surface area contributed by atoms with Crippen molar-refractivity contribution in [2.45, 2.75) is 19.3 Å². The van der Waals surface area contributed by atoms with Gasteiger partial charge in [0.05, 0.1) is 5.02 Å². The predicted octanol–water partition coefficient (Wildman–Crippen LogP) is 3.19. The lowest BCUT2D eigenvalue weighted by atomic mass is 9.92. The van der Waals surface area contributed by atoms with Crippen LogP contribution in [-0.4, -0.2) is 29.2 Å². The fourth-order valence-electron chi connectivity index (χ4n) is 3.41. The summed E-state index contributed by atoms with van der Waals surface area (Å²) in [5.41, 5.74) is 1.07. The van der Waals surface area contributed by atoms with Crippen LogP contribution in [-0.2, 0) is 4.79 Å². The minimum Gasteiger partial charge on any atom is -0.317 e. The second-order valence-corrected chi connectivity index (χ2v) is 7.64. The van der Waals surface area contributed by atoms with Crippen molar-refractivity contribution in [2.24, 2.45) is 11.3 Å². The minimum absolute atomic E-state index is 0.0776. The van der Waals surface area contributed by atoms with Crippen molar-refractivity contribution in [3.05, 3.63) is 29.3 Å². The van der Waals surface area contributed by atoms with Crippen molar-refractivity contribution < 1.29 is 4.79 Å². The summed E-state index contributed by atoms with van der Waals surface area (Å²) in [6, 6.07) is 7.51. The van der Waals surface area contributed by atoms with Gasteiger partial charge in [-0.2, -0.15) is 0 Å². The Balaban J connectivity index is 1.44. The smallest absolute Gasteiger partial charge is 0.229 e. The number of aromatic nitrogens is 2. The molecule has 1 aromatic heterocycles. The Labute approximate surface area is 143 Å². The summed E-state index contributed by atoms with van der Waals surface area (Å²) < 4.78 is 0. The molecule has 0 bridgehead atoms. The van der Waals surface area contributed by atoms with Gasteiger partial charge in [0.25, 0.3) is 0 Å². The third-order valence-corrected chi connectivity index (χ3v) is 6.07. The molecule has 23 heavy (non-hydrogen) atoms. The fraction of sp³-hybridized carbons (Fsp3) is 0.438. The Morgan fingerprint density at radius 1 is 1.30 bits per heavy atom. The third-order valence-electron chi connectivity index (χ3n) is 4.86. The lowest BCUT2D eigenvalue weighted by Crippen LogP contribution is -2.31. The molecule has 4 rings (SSSR count). The van der Waals surface area contributed by atoms with Crippen molar-refractivity contribution in [2.75, 3.05) is 18.4 Å². The molecular weight excluding hydrogens is 332 g/mol. The van der Waals surface area contributed by atoms with E-state index in [1.54, 1.807) is 0 Å². The van der Waals surface area contributed by atoms with Crippen LogP contribution in [0.2, 0.25) is 5.02 Å². The Bertz CT molecular complexity index is 741. The number of carbonyl (C=O) groups is 1. The number of benzene rings is 1. The van der Waals surface area contributed by atoms with Crippen LogP contribution in [0.15, 0.2) is 24.3 Å². The van der Waals surface area contributed by atoms with E-state index in [0.717, 1.165) is 42.9 Å². The maximum Gasteiger partial charge on any atom is 0.229 e. The molecule has 2 aromatic rings. The van der Waals surface area contributed by atoms with Gasteiger partial charge in [0.2, 0.25) is 11.0 Å². The Kier molecular flexibility index (Phi) is 3.83. The number of piperidine rings is 1. The molecule has 2 aliphatic rings. The molecule has 0 radical (unpaired) electrons. The standard InChI is InChI=1S/C16H17ClN4OS/c17-12-4-2-1-3-10(12)14-20-21-15(23-14)19-13(22)11-9-16(11)5-7-18-8-6-16/h1-4,11,18H,5-9H2,(H,19,21,22)/t11-/m0/s1. The van der Waals surface area contributed by atoms with Gasteiger partial charge in [-0.3, -0.25) is 4.79 Å². The molecule has 5 nitrogen and oxygen atoms in total. The van der Waals surface area contributed by atoms with Gasteiger partial charge in [0.1, 0.15) is 0 Å². The number of nitrogens with zero attached hydrogens (tertiary/aromatic N) is 2. The molecule has 2 N–H and O–H groups in total. The minimum atomic E-state index is 0.0776. The molecule has 1 atom stereocenters. The highest BCUT2D eigenvalue weighted by atomic mass is 35.5. The van der Waals surface area contributed by atoms with E-state index in [0.29, 0.717) is 10.2 Å². The maximum atomic E-state index is 12.4. The van der Waals surface area contributed by atoms with E-state index in [1.807, 2.05) is 24.3 Å². The number of carbonyl (C=O) groups excluding carboxylic acids is 1. The second kappa shape index (κ2) is 5.85. The fourth-order valence-corrected chi connectivity index (χ4v) is 4.47. The van der Waals surface area contributed by atoms with Gasteiger partial charge in [0, 0.05) is 11.5 Å². The third kappa shape index (κ3) is 2.86. The van der Waals surface area contributed by atoms with Crippen LogP contribution in [0.5, 0.6) is 0 Å². The molecule has 2 fully saturated rings. The molecule has 7 heteroatoms. The van der Waals surface area contributed by atoms with E-state index in [1.165, 1.54) is 11.3 Å². The highest BCUT2D eigenvalue weighted by Crippen LogP contribution is 2.58. The Morgan fingerprint density at radius 3 is 2.87 bits per heavy atom. The Morgan fingerprint density at radius 2 is 2.09 bits per heavy atom. The van der Waals surface area contributed by atoms with Gasteiger partial charge in [-0.25, -0.2) is 0 Å². The SMILES string of the molecule is O=C(Nc1nnc(-c2ccccc2Cl)s1)[C@@H]1CC12CCNCC2. The van der Waals surface area contributed by atoms with E-state index in [9.17, 15) is 4.79 Å². The summed E-state index contributed by atoms with van der Waals surface area (Å²) in [5, 5.41) is 16.4. The van der Waals surface area contributed by atoms with E-state index in [4.69, 9.17) is 11.6 Å². The zero-order valence-electron chi connectivity index (χ0n) is 12.5. The first-order valence-electron chi connectivity index (χ1n) is 7.78. The number of hydrogen-bond donors (Lipinski definition) is 2. The molecule has 2 heterocycles. The van der Waals surface area contributed by atoms with Crippen LogP contribution in [0.1, 0.15) is 19.3 Å². The first-order valence-corrected chi connectivity index (χ1v) is 8.97. The van der Waals surface area contributed by atoms with Gasteiger partial charge in [-0.1, -0.05) is 41.1 Å². The van der Waals surface area contributed by atoms with Crippen LogP contribution in [0.25, 0.3) is 10.6 Å². The largest absolute Gasteiger partial charge is 0.317 e. The van der Waals surface area contributed by atoms with E-state index in [-0.39, 0.29) is 17.2 Å². The molecular formula is C16H17ClN4OS. The molecule has 1 saturated heterocycles. The van der Waals surface area contributed by atoms with Gasteiger partial charge in [-0.15, -0.1) is 10.2 Å². The summed E-state index contributed by atoms with van der Waals surface area (Å²) in [5.74, 6) is 0.200. The summed E-state index contributed by atoms with van der Waals surface area (Å²) in [6.45, 7) is 2.03. The lowest BCUT2D eigenvalue weighted by Gasteiger charge is -2.22. The molecule has 0 unspecified atom stereocenters. The van der Waals surface area contributed by atoms with E-state index < -0.39 is 0 Å².